The van der Waals surface area contributed by atoms with Gasteiger partial charge in [0, 0.05) is 30.0 Å². The molecule has 0 spiro atoms. The molecule has 1 N–H and O–H groups in total. The first-order valence-electron chi connectivity index (χ1n) is 15.0. The molecule has 1 amide bonds. The minimum absolute atomic E-state index is 0.0574. The van der Waals surface area contributed by atoms with Crippen molar-refractivity contribution in [2.45, 2.75) is 19.4 Å². The van der Waals surface area contributed by atoms with Crippen molar-refractivity contribution in [3.05, 3.63) is 78.5 Å². The van der Waals surface area contributed by atoms with E-state index in [4.69, 9.17) is 40.3 Å². The van der Waals surface area contributed by atoms with Crippen molar-refractivity contribution in [1.29, 1.82) is 0 Å². The number of nitrogens with one attached hydrogen (secondary N) is 1. The summed E-state index contributed by atoms with van der Waals surface area (Å²) in [6.45, 7) is 2.58. The van der Waals surface area contributed by atoms with Crippen molar-refractivity contribution in [3.8, 4) is 51.4 Å². The van der Waals surface area contributed by atoms with Crippen LogP contribution >= 0.6 is 11.6 Å². The van der Waals surface area contributed by atoms with Crippen LogP contribution in [-0.2, 0) is 4.79 Å². The predicted molar refractivity (Wildman–Crippen MR) is 179 cm³/mol. The van der Waals surface area contributed by atoms with Crippen LogP contribution in [0, 0.1) is 5.92 Å². The molecule has 5 heterocycles. The first kappa shape index (κ1) is 32.4. The number of hydrogen-bond donors (Lipinski definition) is 1. The van der Waals surface area contributed by atoms with E-state index in [9.17, 15) is 4.79 Å². The van der Waals surface area contributed by atoms with E-state index in [0.717, 1.165) is 22.2 Å². The van der Waals surface area contributed by atoms with Gasteiger partial charge in [0.2, 0.25) is 11.8 Å². The Morgan fingerprint density at radius 2 is 1.31 bits per heavy atom. The number of carbonyl (C=O) groups is 1. The largest absolute Gasteiger partial charge is 0.493 e. The molecule has 2 atom stereocenters. The van der Waals surface area contributed by atoms with Gasteiger partial charge < -0.3 is 29.0 Å². The smallest absolute Gasteiger partial charge is 0.240 e. The average Bonchev–Trinajstić information content (AvgIpc) is 3.89. The Morgan fingerprint density at radius 3 is 1.85 bits per heavy atom. The molecule has 248 valence electrons. The van der Waals surface area contributed by atoms with Crippen molar-refractivity contribution >= 4 is 28.5 Å². The molecule has 0 saturated carbocycles. The molecule has 14 heteroatoms. The minimum Gasteiger partial charge on any atom is -0.493 e. The monoisotopic (exact) mass is 671 g/mol. The molecule has 6 aromatic rings. The Labute approximate surface area is 281 Å². The van der Waals surface area contributed by atoms with Gasteiger partial charge in [0.25, 0.3) is 0 Å². The Morgan fingerprint density at radius 1 is 0.771 bits per heavy atom. The van der Waals surface area contributed by atoms with Gasteiger partial charge in [0.05, 0.1) is 64.6 Å². The van der Waals surface area contributed by atoms with Gasteiger partial charge in [-0.05, 0) is 55.5 Å². The SMILES string of the molecule is COc1ccc(-c2cn3nccc3c(Cl)n2)cc1OC.COc1ccc(-c2cn3nccc3c(O[C@H](C)[C@H]3CNC(=O)C3)n2)cc1OC. The molecule has 7 rings (SSSR count). The number of halogens is 1. The lowest BCUT2D eigenvalue weighted by Crippen LogP contribution is -2.26. The Balaban J connectivity index is 0.000000177. The third-order valence-electron chi connectivity index (χ3n) is 8.03. The fraction of sp³-hybridized carbons (Fsp3) is 0.265. The standard InChI is InChI=1S/C20H22N4O4.C14H12ClN3O2/c1-12(14-9-19(25)21-10-14)28-20-16-6-7-22-24(16)11-15(23-20)13-4-5-17(26-2)18(8-13)27-3;1-19-12-4-3-9(7-13(12)20-2)10-8-18-11(5-6-16-18)14(15)17-10/h4-8,11-12,14H,9-10H2,1-3H3,(H,21,25);3-8H,1-2H3/t12-,14-;/m1./s1. The normalized spacial score (nSPS) is 14.6. The second kappa shape index (κ2) is 14.1. The molecule has 4 aromatic heterocycles. The zero-order chi connectivity index (χ0) is 33.8. The zero-order valence-electron chi connectivity index (χ0n) is 27.0. The molecule has 13 nitrogen and oxygen atoms in total. The molecule has 1 fully saturated rings. The van der Waals surface area contributed by atoms with E-state index in [1.807, 2.05) is 67.8 Å². The summed E-state index contributed by atoms with van der Waals surface area (Å²) in [4.78, 5) is 20.6. The Hall–Kier alpha value is -5.56. The molecule has 0 bridgehead atoms. The van der Waals surface area contributed by atoms with Gasteiger partial charge in [0.15, 0.2) is 28.2 Å². The fourth-order valence-corrected chi connectivity index (χ4v) is 5.61. The second-order valence-corrected chi connectivity index (χ2v) is 11.3. The van der Waals surface area contributed by atoms with Crippen LogP contribution in [0.4, 0.5) is 0 Å². The molecule has 1 aliphatic heterocycles. The van der Waals surface area contributed by atoms with E-state index in [2.05, 4.69) is 20.5 Å². The molecule has 2 aromatic carbocycles. The van der Waals surface area contributed by atoms with E-state index in [-0.39, 0.29) is 17.9 Å². The van der Waals surface area contributed by atoms with Gasteiger partial charge in [0.1, 0.15) is 17.1 Å². The molecule has 0 aliphatic carbocycles. The molecule has 48 heavy (non-hydrogen) atoms. The lowest BCUT2D eigenvalue weighted by atomic mass is 10.0. The zero-order valence-corrected chi connectivity index (χ0v) is 27.8. The van der Waals surface area contributed by atoms with Crippen LogP contribution in [0.2, 0.25) is 5.15 Å². The summed E-state index contributed by atoms with van der Waals surface area (Å²) < 4.78 is 30.8. The summed E-state index contributed by atoms with van der Waals surface area (Å²) in [5, 5.41) is 11.8. The quantitative estimate of drug-likeness (QED) is 0.213. The van der Waals surface area contributed by atoms with E-state index in [1.54, 1.807) is 49.9 Å². The molecule has 1 aliphatic rings. The van der Waals surface area contributed by atoms with Crippen molar-refractivity contribution < 1.29 is 28.5 Å². The molecule has 0 radical (unpaired) electrons. The highest BCUT2D eigenvalue weighted by molar-refractivity contribution is 6.32. The third-order valence-corrected chi connectivity index (χ3v) is 8.31. The van der Waals surface area contributed by atoms with Gasteiger partial charge in [-0.1, -0.05) is 11.6 Å². The highest BCUT2D eigenvalue weighted by atomic mass is 35.5. The summed E-state index contributed by atoms with van der Waals surface area (Å²) in [5.74, 6) is 3.23. The number of amides is 1. The number of fused-ring (bicyclic) bond motifs is 2. The van der Waals surface area contributed by atoms with Crippen LogP contribution < -0.4 is 29.0 Å². The van der Waals surface area contributed by atoms with Gasteiger partial charge in [-0.25, -0.2) is 19.0 Å². The summed E-state index contributed by atoms with van der Waals surface area (Å²) in [6.07, 6.45) is 7.35. The fourth-order valence-electron chi connectivity index (χ4n) is 5.37. The lowest BCUT2D eigenvalue weighted by Gasteiger charge is -2.20. The Bertz CT molecular complexity index is 2080. The van der Waals surface area contributed by atoms with E-state index >= 15 is 0 Å². The van der Waals surface area contributed by atoms with Crippen LogP contribution in [0.5, 0.6) is 28.9 Å². The summed E-state index contributed by atoms with van der Waals surface area (Å²) in [5.41, 5.74) is 4.68. The average molecular weight is 672 g/mol. The number of nitrogens with zero attached hydrogens (tertiary/aromatic N) is 6. The summed E-state index contributed by atoms with van der Waals surface area (Å²) in [7, 11) is 6.39. The number of carbonyl (C=O) groups excluding carboxylic acids is 1. The maximum atomic E-state index is 11.5. The highest BCUT2D eigenvalue weighted by Gasteiger charge is 2.29. The van der Waals surface area contributed by atoms with E-state index in [0.29, 0.717) is 58.4 Å². The number of ether oxygens (including phenoxy) is 5. The van der Waals surface area contributed by atoms with Gasteiger partial charge in [-0.15, -0.1) is 0 Å². The van der Waals surface area contributed by atoms with Crippen LogP contribution in [0.25, 0.3) is 33.5 Å². The third kappa shape index (κ3) is 6.63. The van der Waals surface area contributed by atoms with Crippen LogP contribution in [0.1, 0.15) is 13.3 Å². The van der Waals surface area contributed by atoms with Gasteiger partial charge in [-0.2, -0.15) is 10.2 Å². The summed E-state index contributed by atoms with van der Waals surface area (Å²) >= 11 is 6.16. The van der Waals surface area contributed by atoms with Crippen LogP contribution in [0.3, 0.4) is 0 Å². The van der Waals surface area contributed by atoms with Crippen LogP contribution in [-0.4, -0.2) is 76.2 Å². The van der Waals surface area contributed by atoms with Gasteiger partial charge in [-0.3, -0.25) is 4.79 Å². The molecular formula is C34H34ClN7O6. The number of rotatable bonds is 9. The lowest BCUT2D eigenvalue weighted by molar-refractivity contribution is -0.119. The second-order valence-electron chi connectivity index (χ2n) is 10.9. The maximum absolute atomic E-state index is 11.5. The first-order valence-corrected chi connectivity index (χ1v) is 15.4. The van der Waals surface area contributed by atoms with Crippen LogP contribution in [0.15, 0.2) is 73.3 Å². The molecular weight excluding hydrogens is 638 g/mol. The number of hydrogen-bond acceptors (Lipinski definition) is 10. The number of methoxy groups -OCH3 is 4. The van der Waals surface area contributed by atoms with E-state index in [1.165, 1.54) is 0 Å². The Kier molecular flexibility index (Phi) is 9.48. The number of aromatic nitrogens is 6. The predicted octanol–water partition coefficient (Wildman–Crippen LogP) is 5.38. The van der Waals surface area contributed by atoms with Crippen molar-refractivity contribution in [1.82, 2.24) is 34.5 Å². The maximum Gasteiger partial charge on any atom is 0.240 e. The molecule has 0 unspecified atom stereocenters. The highest BCUT2D eigenvalue weighted by Crippen LogP contribution is 2.34. The summed E-state index contributed by atoms with van der Waals surface area (Å²) in [6, 6.07) is 14.9. The van der Waals surface area contributed by atoms with Crippen molar-refractivity contribution in [2.75, 3.05) is 35.0 Å². The van der Waals surface area contributed by atoms with Crippen molar-refractivity contribution in [3.63, 3.8) is 0 Å². The van der Waals surface area contributed by atoms with Crippen molar-refractivity contribution in [2.24, 2.45) is 5.92 Å². The van der Waals surface area contributed by atoms with E-state index < -0.39 is 0 Å². The van der Waals surface area contributed by atoms with Gasteiger partial charge >= 0.3 is 0 Å². The number of benzene rings is 2. The topological polar surface area (TPSA) is 136 Å². The first-order chi connectivity index (χ1) is 23.3. The molecule has 1 saturated heterocycles. The minimum atomic E-state index is -0.161.